The largest absolute Gasteiger partial charge is 0.494 e. The summed E-state index contributed by atoms with van der Waals surface area (Å²) in [6.07, 6.45) is 0.721. The third-order valence-corrected chi connectivity index (χ3v) is 4.14. The van der Waals surface area contributed by atoms with Gasteiger partial charge in [0.15, 0.2) is 0 Å². The van der Waals surface area contributed by atoms with Crippen LogP contribution in [-0.4, -0.2) is 24.7 Å². The van der Waals surface area contributed by atoms with Crippen LogP contribution in [0.5, 0.6) is 5.75 Å². The molecule has 0 fully saturated rings. The minimum absolute atomic E-state index is 0.253. The van der Waals surface area contributed by atoms with E-state index >= 15 is 0 Å². The molecule has 0 saturated heterocycles. The molecule has 0 bridgehead atoms. The molecule has 0 unspecified atom stereocenters. The van der Waals surface area contributed by atoms with Crippen molar-refractivity contribution in [1.29, 1.82) is 0 Å². The van der Waals surface area contributed by atoms with Crippen LogP contribution in [0.2, 0.25) is 0 Å². The molecular formula is C23H20N2O4. The van der Waals surface area contributed by atoms with Crippen molar-refractivity contribution in [2.75, 3.05) is 17.2 Å². The van der Waals surface area contributed by atoms with Gasteiger partial charge >= 0.3 is 0 Å². The van der Waals surface area contributed by atoms with E-state index in [1.54, 1.807) is 72.8 Å². The summed E-state index contributed by atoms with van der Waals surface area (Å²) < 4.78 is 5.38. The van der Waals surface area contributed by atoms with Crippen LogP contribution < -0.4 is 15.4 Å². The van der Waals surface area contributed by atoms with Crippen molar-refractivity contribution < 1.29 is 19.1 Å². The average molecular weight is 388 g/mol. The van der Waals surface area contributed by atoms with Crippen LogP contribution in [0.4, 0.5) is 11.4 Å². The summed E-state index contributed by atoms with van der Waals surface area (Å²) in [6, 6.07) is 20.0. The molecule has 0 heterocycles. The van der Waals surface area contributed by atoms with E-state index < -0.39 is 0 Å². The smallest absolute Gasteiger partial charge is 0.255 e. The Labute approximate surface area is 168 Å². The molecule has 0 spiro atoms. The number of benzene rings is 3. The third-order valence-electron chi connectivity index (χ3n) is 4.14. The predicted octanol–water partition coefficient (Wildman–Crippen LogP) is 4.40. The van der Waals surface area contributed by atoms with Crippen LogP contribution in [-0.2, 0) is 0 Å². The van der Waals surface area contributed by atoms with Gasteiger partial charge in [0.05, 0.1) is 6.61 Å². The lowest BCUT2D eigenvalue weighted by Crippen LogP contribution is -2.13. The highest BCUT2D eigenvalue weighted by Crippen LogP contribution is 2.17. The topological polar surface area (TPSA) is 84.5 Å². The van der Waals surface area contributed by atoms with Gasteiger partial charge in [0.2, 0.25) is 0 Å². The Morgan fingerprint density at radius 1 is 0.759 bits per heavy atom. The summed E-state index contributed by atoms with van der Waals surface area (Å²) in [5.41, 5.74) is 2.63. The van der Waals surface area contributed by atoms with E-state index in [4.69, 9.17) is 4.74 Å². The molecule has 0 aliphatic rings. The van der Waals surface area contributed by atoms with E-state index in [9.17, 15) is 14.4 Å². The zero-order chi connectivity index (χ0) is 20.6. The Kier molecular flexibility index (Phi) is 6.37. The molecule has 0 aromatic heterocycles. The number of carbonyl (C=O) groups excluding carboxylic acids is 3. The fourth-order valence-electron chi connectivity index (χ4n) is 2.63. The summed E-state index contributed by atoms with van der Waals surface area (Å²) >= 11 is 0. The molecule has 0 aliphatic carbocycles. The molecule has 0 atom stereocenters. The summed E-state index contributed by atoms with van der Waals surface area (Å²) in [4.78, 5) is 35.3. The quantitative estimate of drug-likeness (QED) is 0.588. The zero-order valence-electron chi connectivity index (χ0n) is 15.8. The number of amides is 2. The van der Waals surface area contributed by atoms with Crippen LogP contribution in [0.25, 0.3) is 0 Å². The molecule has 3 rings (SSSR count). The SMILES string of the molecule is CCOc1ccc(NC(=O)c2ccc(NC(=O)c3ccc(C=O)cc3)cc2)cc1. The van der Waals surface area contributed by atoms with Gasteiger partial charge in [0.25, 0.3) is 11.8 Å². The average Bonchev–Trinajstić information content (AvgIpc) is 2.76. The lowest BCUT2D eigenvalue weighted by molar-refractivity contribution is 0.102. The first kappa shape index (κ1) is 19.8. The molecule has 0 aliphatic heterocycles. The zero-order valence-corrected chi connectivity index (χ0v) is 15.8. The highest BCUT2D eigenvalue weighted by atomic mass is 16.5. The van der Waals surface area contributed by atoms with Crippen molar-refractivity contribution in [2.24, 2.45) is 0 Å². The van der Waals surface area contributed by atoms with Gasteiger partial charge in [-0.25, -0.2) is 0 Å². The number of nitrogens with one attached hydrogen (secondary N) is 2. The van der Waals surface area contributed by atoms with E-state index in [0.29, 0.717) is 34.7 Å². The lowest BCUT2D eigenvalue weighted by atomic mass is 10.1. The fourth-order valence-corrected chi connectivity index (χ4v) is 2.63. The van der Waals surface area contributed by atoms with Gasteiger partial charge in [0, 0.05) is 28.1 Å². The Hall–Kier alpha value is -3.93. The number of carbonyl (C=O) groups is 3. The van der Waals surface area contributed by atoms with E-state index in [0.717, 1.165) is 12.0 Å². The number of hydrogen-bond donors (Lipinski definition) is 2. The first-order chi connectivity index (χ1) is 14.1. The Morgan fingerprint density at radius 2 is 1.21 bits per heavy atom. The molecule has 2 amide bonds. The third kappa shape index (κ3) is 5.29. The van der Waals surface area contributed by atoms with Gasteiger partial charge in [-0.2, -0.15) is 0 Å². The molecule has 6 heteroatoms. The van der Waals surface area contributed by atoms with Crippen molar-refractivity contribution in [3.63, 3.8) is 0 Å². The van der Waals surface area contributed by atoms with Crippen molar-refractivity contribution >= 4 is 29.5 Å². The van der Waals surface area contributed by atoms with Crippen LogP contribution in [0.15, 0.2) is 72.8 Å². The summed E-state index contributed by atoms with van der Waals surface area (Å²) in [5.74, 6) is 0.192. The minimum Gasteiger partial charge on any atom is -0.494 e. The van der Waals surface area contributed by atoms with Gasteiger partial charge in [-0.15, -0.1) is 0 Å². The first-order valence-electron chi connectivity index (χ1n) is 9.10. The molecule has 29 heavy (non-hydrogen) atoms. The number of ether oxygens (including phenoxy) is 1. The molecular weight excluding hydrogens is 368 g/mol. The maximum absolute atomic E-state index is 12.4. The van der Waals surface area contributed by atoms with Gasteiger partial charge in [-0.05, 0) is 67.6 Å². The maximum atomic E-state index is 12.4. The normalized spacial score (nSPS) is 10.1. The molecule has 0 saturated carbocycles. The second-order valence-corrected chi connectivity index (χ2v) is 6.18. The van der Waals surface area contributed by atoms with E-state index in [2.05, 4.69) is 10.6 Å². The Balaban J connectivity index is 1.60. The standard InChI is InChI=1S/C23H20N2O4/c1-2-29-21-13-11-20(12-14-21)25-23(28)18-7-9-19(10-8-18)24-22(27)17-5-3-16(15-26)4-6-17/h3-15H,2H2,1H3,(H,24,27)(H,25,28). The van der Waals surface area contributed by atoms with Gasteiger partial charge in [-0.3, -0.25) is 14.4 Å². The van der Waals surface area contributed by atoms with E-state index in [1.807, 2.05) is 6.92 Å². The van der Waals surface area contributed by atoms with Crippen molar-refractivity contribution in [3.05, 3.63) is 89.5 Å². The monoisotopic (exact) mass is 388 g/mol. The number of aldehydes is 1. The molecule has 146 valence electrons. The van der Waals surface area contributed by atoms with E-state index in [1.165, 1.54) is 0 Å². The second-order valence-electron chi connectivity index (χ2n) is 6.18. The minimum atomic E-state index is -0.297. The summed E-state index contributed by atoms with van der Waals surface area (Å²) in [7, 11) is 0. The molecule has 2 N–H and O–H groups in total. The molecule has 3 aromatic rings. The van der Waals surface area contributed by atoms with Crippen LogP contribution in [0.1, 0.15) is 38.0 Å². The highest BCUT2D eigenvalue weighted by Gasteiger charge is 2.09. The Bertz CT molecular complexity index is 995. The number of rotatable bonds is 7. The second kappa shape index (κ2) is 9.32. The number of hydrogen-bond acceptors (Lipinski definition) is 4. The molecule has 3 aromatic carbocycles. The summed E-state index contributed by atoms with van der Waals surface area (Å²) in [6.45, 7) is 2.49. The van der Waals surface area contributed by atoms with Gasteiger partial charge in [0.1, 0.15) is 12.0 Å². The molecule has 6 nitrogen and oxygen atoms in total. The van der Waals surface area contributed by atoms with Crippen LogP contribution in [0.3, 0.4) is 0 Å². The van der Waals surface area contributed by atoms with Gasteiger partial charge in [-0.1, -0.05) is 12.1 Å². The Morgan fingerprint density at radius 3 is 1.66 bits per heavy atom. The summed E-state index contributed by atoms with van der Waals surface area (Å²) in [5, 5.41) is 5.57. The molecule has 0 radical (unpaired) electrons. The maximum Gasteiger partial charge on any atom is 0.255 e. The van der Waals surface area contributed by atoms with Crippen molar-refractivity contribution in [2.45, 2.75) is 6.92 Å². The fraction of sp³-hybridized carbons (Fsp3) is 0.0870. The highest BCUT2D eigenvalue weighted by molar-refractivity contribution is 6.06. The van der Waals surface area contributed by atoms with Gasteiger partial charge < -0.3 is 15.4 Å². The van der Waals surface area contributed by atoms with E-state index in [-0.39, 0.29) is 11.8 Å². The first-order valence-corrected chi connectivity index (χ1v) is 9.10. The predicted molar refractivity (Wildman–Crippen MR) is 112 cm³/mol. The van der Waals surface area contributed by atoms with Crippen LogP contribution >= 0.6 is 0 Å². The van der Waals surface area contributed by atoms with Crippen molar-refractivity contribution in [1.82, 2.24) is 0 Å². The van der Waals surface area contributed by atoms with Crippen molar-refractivity contribution in [3.8, 4) is 5.75 Å². The number of anilines is 2. The lowest BCUT2D eigenvalue weighted by Gasteiger charge is -2.09. The van der Waals surface area contributed by atoms with Crippen LogP contribution in [0, 0.1) is 0 Å².